The third-order valence-corrected chi connectivity index (χ3v) is 2.09. The Morgan fingerprint density at radius 1 is 1.27 bits per heavy atom. The summed E-state index contributed by atoms with van der Waals surface area (Å²) in [6.07, 6.45) is 0. The first kappa shape index (κ1) is 11.0. The topological polar surface area (TPSA) is 93.3 Å². The van der Waals surface area contributed by atoms with Crippen molar-refractivity contribution in [1.29, 1.82) is 0 Å². The van der Waals surface area contributed by atoms with E-state index in [2.05, 4.69) is 5.32 Å². The molecule has 0 aliphatic heterocycles. The van der Waals surface area contributed by atoms with Crippen molar-refractivity contribution < 1.29 is 9.90 Å². The third kappa shape index (κ3) is 1.51. The quantitative estimate of drug-likeness (QED) is 0.572. The monoisotopic (exact) mass is 213 g/mol. The average molecular weight is 213 g/mol. The Kier molecular flexibility index (Phi) is 2.65. The van der Waals surface area contributed by atoms with Crippen LogP contribution in [0.4, 0.5) is 0 Å². The van der Waals surface area contributed by atoms with Gasteiger partial charge >= 0.3 is 5.69 Å². The van der Waals surface area contributed by atoms with Gasteiger partial charge in [-0.05, 0) is 0 Å². The normalized spacial score (nSPS) is 10.1. The lowest BCUT2D eigenvalue weighted by molar-refractivity contribution is 0.0956. The molecule has 82 valence electrons. The first-order valence-corrected chi connectivity index (χ1v) is 4.12. The first-order chi connectivity index (χ1) is 6.91. The fraction of sp³-hybridized carbons (Fsp3) is 0.375. The number of carbonyl (C=O) groups is 1. The zero-order chi connectivity index (χ0) is 11.7. The van der Waals surface area contributed by atoms with Gasteiger partial charge in [-0.3, -0.25) is 18.7 Å². The Hall–Kier alpha value is -2.05. The second-order valence-electron chi connectivity index (χ2n) is 2.98. The fourth-order valence-corrected chi connectivity index (χ4v) is 1.16. The summed E-state index contributed by atoms with van der Waals surface area (Å²) in [6, 6.07) is 0. The van der Waals surface area contributed by atoms with E-state index in [0.717, 1.165) is 9.13 Å². The van der Waals surface area contributed by atoms with E-state index in [9.17, 15) is 19.5 Å². The molecular formula is C8H11N3O4. The van der Waals surface area contributed by atoms with Crippen molar-refractivity contribution in [2.24, 2.45) is 14.1 Å². The number of hydrogen-bond acceptors (Lipinski definition) is 4. The van der Waals surface area contributed by atoms with E-state index < -0.39 is 28.6 Å². The van der Waals surface area contributed by atoms with E-state index in [1.54, 1.807) is 0 Å². The SMILES string of the molecule is CNC(=O)c1c(O)n(C)c(=O)n(C)c1=O. The first-order valence-electron chi connectivity index (χ1n) is 4.12. The zero-order valence-electron chi connectivity index (χ0n) is 8.57. The minimum Gasteiger partial charge on any atom is -0.494 e. The number of carbonyl (C=O) groups excluding carboxylic acids is 1. The number of nitrogens with zero attached hydrogens (tertiary/aromatic N) is 2. The Labute approximate surface area is 84.6 Å². The maximum Gasteiger partial charge on any atom is 0.333 e. The molecule has 0 spiro atoms. The molecule has 0 aliphatic rings. The van der Waals surface area contributed by atoms with E-state index in [4.69, 9.17) is 0 Å². The molecule has 0 bridgehead atoms. The van der Waals surface area contributed by atoms with Crippen molar-refractivity contribution in [1.82, 2.24) is 14.5 Å². The highest BCUT2D eigenvalue weighted by Gasteiger charge is 2.20. The molecule has 7 nitrogen and oxygen atoms in total. The highest BCUT2D eigenvalue weighted by molar-refractivity contribution is 5.95. The van der Waals surface area contributed by atoms with Gasteiger partial charge < -0.3 is 10.4 Å². The molecule has 1 aromatic rings. The van der Waals surface area contributed by atoms with Crippen LogP contribution < -0.4 is 16.6 Å². The molecule has 0 aliphatic carbocycles. The van der Waals surface area contributed by atoms with Crippen LogP contribution in [-0.2, 0) is 14.1 Å². The summed E-state index contributed by atoms with van der Waals surface area (Å²) < 4.78 is 1.58. The maximum atomic E-state index is 11.5. The van der Waals surface area contributed by atoms with E-state index in [1.165, 1.54) is 21.1 Å². The van der Waals surface area contributed by atoms with E-state index in [0.29, 0.717) is 0 Å². The van der Waals surface area contributed by atoms with Crippen molar-refractivity contribution in [3.05, 3.63) is 26.4 Å². The number of rotatable bonds is 1. The standard InChI is InChI=1S/C8H11N3O4/c1-9-5(12)4-6(13)10(2)8(15)11(3)7(4)14/h13H,1-3H3,(H,9,12). The molecule has 0 radical (unpaired) electrons. The molecule has 0 fully saturated rings. The lowest BCUT2D eigenvalue weighted by Crippen LogP contribution is -2.41. The van der Waals surface area contributed by atoms with Crippen LogP contribution in [0.25, 0.3) is 0 Å². The summed E-state index contributed by atoms with van der Waals surface area (Å²) in [5.41, 5.74) is -1.96. The van der Waals surface area contributed by atoms with Gasteiger partial charge in [0.05, 0.1) is 0 Å². The largest absolute Gasteiger partial charge is 0.494 e. The number of aromatic nitrogens is 2. The van der Waals surface area contributed by atoms with Crippen LogP contribution in [0.5, 0.6) is 5.88 Å². The highest BCUT2D eigenvalue weighted by atomic mass is 16.3. The number of amides is 1. The molecular weight excluding hydrogens is 202 g/mol. The molecule has 0 saturated heterocycles. The molecule has 7 heteroatoms. The number of nitrogens with one attached hydrogen (secondary N) is 1. The van der Waals surface area contributed by atoms with Gasteiger partial charge in [0.2, 0.25) is 5.88 Å². The van der Waals surface area contributed by atoms with Crippen LogP contribution in [-0.4, -0.2) is 27.2 Å². The van der Waals surface area contributed by atoms with Crippen molar-refractivity contribution >= 4 is 5.91 Å². The molecule has 1 amide bonds. The lowest BCUT2D eigenvalue weighted by Gasteiger charge is -2.08. The minimum absolute atomic E-state index is 0.442. The van der Waals surface area contributed by atoms with Gasteiger partial charge in [-0.15, -0.1) is 0 Å². The number of hydrogen-bond donors (Lipinski definition) is 2. The summed E-state index contributed by atoms with van der Waals surface area (Å²) in [5.74, 6) is -1.37. The van der Waals surface area contributed by atoms with Crippen LogP contribution >= 0.6 is 0 Å². The smallest absolute Gasteiger partial charge is 0.333 e. The Bertz CT molecular complexity index is 526. The average Bonchev–Trinajstić information content (AvgIpc) is 2.23. The number of aromatic hydroxyl groups is 1. The molecule has 1 aromatic heterocycles. The van der Waals surface area contributed by atoms with Gasteiger partial charge in [0.1, 0.15) is 0 Å². The van der Waals surface area contributed by atoms with Crippen LogP contribution in [0.15, 0.2) is 9.59 Å². The van der Waals surface area contributed by atoms with Crippen LogP contribution in [0.1, 0.15) is 10.4 Å². The van der Waals surface area contributed by atoms with Crippen LogP contribution in [0, 0.1) is 0 Å². The van der Waals surface area contributed by atoms with Crippen molar-refractivity contribution in [3.8, 4) is 5.88 Å². The molecule has 0 saturated carbocycles. The Balaban J connectivity index is 3.76. The van der Waals surface area contributed by atoms with Gasteiger partial charge in [-0.2, -0.15) is 0 Å². The summed E-state index contributed by atoms with van der Waals surface area (Å²) in [5, 5.41) is 11.7. The molecule has 1 heterocycles. The van der Waals surface area contributed by atoms with Gasteiger partial charge in [-0.25, -0.2) is 4.79 Å². The Morgan fingerprint density at radius 3 is 2.27 bits per heavy atom. The molecule has 1 rings (SSSR count). The van der Waals surface area contributed by atoms with Crippen LogP contribution in [0.3, 0.4) is 0 Å². The van der Waals surface area contributed by atoms with Crippen molar-refractivity contribution in [2.45, 2.75) is 0 Å². The van der Waals surface area contributed by atoms with Gasteiger partial charge in [0.25, 0.3) is 11.5 Å². The zero-order valence-corrected chi connectivity index (χ0v) is 8.57. The molecule has 15 heavy (non-hydrogen) atoms. The summed E-state index contributed by atoms with van der Waals surface area (Å²) in [7, 11) is 3.83. The van der Waals surface area contributed by atoms with Crippen molar-refractivity contribution in [3.63, 3.8) is 0 Å². The minimum atomic E-state index is -0.824. The third-order valence-electron chi connectivity index (χ3n) is 2.09. The van der Waals surface area contributed by atoms with Crippen molar-refractivity contribution in [2.75, 3.05) is 7.05 Å². The second-order valence-corrected chi connectivity index (χ2v) is 2.98. The van der Waals surface area contributed by atoms with Gasteiger partial charge in [0.15, 0.2) is 5.56 Å². The molecule has 0 unspecified atom stereocenters. The Morgan fingerprint density at radius 2 is 1.80 bits per heavy atom. The summed E-state index contributed by atoms with van der Waals surface area (Å²) >= 11 is 0. The van der Waals surface area contributed by atoms with E-state index >= 15 is 0 Å². The fourth-order valence-electron chi connectivity index (χ4n) is 1.16. The van der Waals surface area contributed by atoms with Gasteiger partial charge in [-0.1, -0.05) is 0 Å². The van der Waals surface area contributed by atoms with Crippen LogP contribution in [0.2, 0.25) is 0 Å². The highest BCUT2D eigenvalue weighted by Crippen LogP contribution is 2.07. The predicted octanol–water partition coefficient (Wildman–Crippen LogP) is -1.85. The summed E-state index contributed by atoms with van der Waals surface area (Å²) in [6.45, 7) is 0. The van der Waals surface area contributed by atoms with E-state index in [-0.39, 0.29) is 0 Å². The maximum absolute atomic E-state index is 11.5. The summed E-state index contributed by atoms with van der Waals surface area (Å²) in [4.78, 5) is 34.1. The van der Waals surface area contributed by atoms with E-state index in [1.807, 2.05) is 0 Å². The molecule has 2 N–H and O–H groups in total. The lowest BCUT2D eigenvalue weighted by atomic mass is 10.3. The molecule has 0 atom stereocenters. The van der Waals surface area contributed by atoms with Gasteiger partial charge in [0, 0.05) is 21.1 Å². The predicted molar refractivity (Wildman–Crippen MR) is 52.0 cm³/mol. The second kappa shape index (κ2) is 3.60. The molecule has 0 aromatic carbocycles.